The minimum absolute atomic E-state index is 0.154. The Morgan fingerprint density at radius 3 is 2.63 bits per heavy atom. The molecule has 0 bridgehead atoms. The van der Waals surface area contributed by atoms with E-state index in [9.17, 15) is 14.9 Å². The largest absolute Gasteiger partial charge is 0.492 e. The number of aromatic nitrogens is 2. The number of hydrogen-bond acceptors (Lipinski definition) is 9. The van der Waals surface area contributed by atoms with Crippen molar-refractivity contribution < 1.29 is 14.5 Å². The van der Waals surface area contributed by atoms with Crippen LogP contribution in [-0.4, -0.2) is 32.9 Å². The van der Waals surface area contributed by atoms with Crippen molar-refractivity contribution in [1.29, 1.82) is 0 Å². The van der Waals surface area contributed by atoms with Crippen LogP contribution in [0.15, 0.2) is 52.9 Å². The van der Waals surface area contributed by atoms with E-state index in [1.807, 2.05) is 31.2 Å². The smallest absolute Gasteiger partial charge is 0.292 e. The maximum absolute atomic E-state index is 12.5. The van der Waals surface area contributed by atoms with Gasteiger partial charge in [0.05, 0.1) is 22.5 Å². The third kappa shape index (κ3) is 5.45. The van der Waals surface area contributed by atoms with Crippen molar-refractivity contribution in [3.63, 3.8) is 0 Å². The van der Waals surface area contributed by atoms with E-state index in [2.05, 4.69) is 20.8 Å². The van der Waals surface area contributed by atoms with Gasteiger partial charge in [-0.3, -0.25) is 14.9 Å². The number of para-hydroxylation sites is 4. The molecule has 11 heteroatoms. The molecule has 3 rings (SSSR count). The van der Waals surface area contributed by atoms with E-state index in [1.54, 1.807) is 19.1 Å². The van der Waals surface area contributed by atoms with Crippen molar-refractivity contribution >= 4 is 51.2 Å². The number of nitrogens with one attached hydrogen (secondary N) is 2. The van der Waals surface area contributed by atoms with Gasteiger partial charge in [0, 0.05) is 6.07 Å². The predicted molar refractivity (Wildman–Crippen MR) is 118 cm³/mol. The van der Waals surface area contributed by atoms with Crippen LogP contribution in [0.1, 0.15) is 13.8 Å². The van der Waals surface area contributed by atoms with E-state index in [4.69, 9.17) is 4.74 Å². The molecule has 0 fully saturated rings. The quantitative estimate of drug-likeness (QED) is 0.276. The summed E-state index contributed by atoms with van der Waals surface area (Å²) in [6.45, 7) is 4.16. The lowest BCUT2D eigenvalue weighted by Gasteiger charge is -2.10. The molecule has 2 aromatic carbocycles. The normalized spacial score (nSPS) is 11.5. The number of ether oxygens (including phenoxy) is 1. The molecular weight excluding hydrogens is 426 g/mol. The van der Waals surface area contributed by atoms with Crippen LogP contribution >= 0.6 is 23.1 Å². The molecule has 9 nitrogen and oxygen atoms in total. The monoisotopic (exact) mass is 445 g/mol. The van der Waals surface area contributed by atoms with Crippen molar-refractivity contribution in [1.82, 2.24) is 10.2 Å². The van der Waals surface area contributed by atoms with Gasteiger partial charge in [0.25, 0.3) is 5.69 Å². The number of rotatable bonds is 9. The second-order valence-electron chi connectivity index (χ2n) is 5.95. The highest BCUT2D eigenvalue weighted by Gasteiger charge is 2.21. The molecule has 156 valence electrons. The molecule has 30 heavy (non-hydrogen) atoms. The fraction of sp³-hybridized carbons (Fsp3) is 0.211. The first-order chi connectivity index (χ1) is 14.5. The Labute approximate surface area is 181 Å². The van der Waals surface area contributed by atoms with Gasteiger partial charge in [-0.25, -0.2) is 0 Å². The maximum Gasteiger partial charge on any atom is 0.292 e. The van der Waals surface area contributed by atoms with E-state index < -0.39 is 10.2 Å². The summed E-state index contributed by atoms with van der Waals surface area (Å²) in [5.74, 6) is 0.349. The molecule has 1 unspecified atom stereocenters. The first kappa shape index (κ1) is 21.5. The van der Waals surface area contributed by atoms with Crippen LogP contribution in [0.3, 0.4) is 0 Å². The lowest BCUT2D eigenvalue weighted by molar-refractivity contribution is -0.383. The molecule has 0 saturated carbocycles. The third-order valence-electron chi connectivity index (χ3n) is 3.84. The number of thioether (sulfide) groups is 1. The van der Waals surface area contributed by atoms with Crippen LogP contribution in [0, 0.1) is 10.1 Å². The number of anilines is 3. The second-order valence-corrected chi connectivity index (χ2v) is 8.52. The van der Waals surface area contributed by atoms with E-state index in [0.717, 1.165) is 5.69 Å². The molecular formula is C19H19N5O4S2. The molecule has 0 aliphatic carbocycles. The van der Waals surface area contributed by atoms with E-state index >= 15 is 0 Å². The zero-order chi connectivity index (χ0) is 21.5. The number of benzene rings is 2. The minimum atomic E-state index is -0.532. The molecule has 0 saturated heterocycles. The minimum Gasteiger partial charge on any atom is -0.492 e. The number of nitro benzene ring substituents is 1. The molecule has 3 aromatic rings. The summed E-state index contributed by atoms with van der Waals surface area (Å²) in [6, 6.07) is 13.5. The maximum atomic E-state index is 12.5. The number of nitro groups is 1. The zero-order valence-corrected chi connectivity index (χ0v) is 17.8. The summed E-state index contributed by atoms with van der Waals surface area (Å²) in [6.07, 6.45) is 0. The van der Waals surface area contributed by atoms with Crippen LogP contribution in [0.25, 0.3) is 0 Å². The molecule has 1 amide bonds. The van der Waals surface area contributed by atoms with Gasteiger partial charge in [-0.15, -0.1) is 10.2 Å². The molecule has 0 radical (unpaired) electrons. The molecule has 2 N–H and O–H groups in total. The average molecular weight is 446 g/mol. The standard InChI is InChI=1S/C19H19N5O4S2/c1-3-28-16-11-7-5-9-14(16)21-18-22-23-19(30-18)29-12(2)17(25)20-13-8-4-6-10-15(13)24(26)27/h4-12H,3H2,1-2H3,(H,20,25)(H,21,22). The summed E-state index contributed by atoms with van der Waals surface area (Å²) in [5.41, 5.74) is 0.778. The molecule has 0 aliphatic heterocycles. The highest BCUT2D eigenvalue weighted by molar-refractivity contribution is 8.02. The second kappa shape index (κ2) is 10.0. The molecule has 0 spiro atoms. The fourth-order valence-electron chi connectivity index (χ4n) is 2.45. The Morgan fingerprint density at radius 2 is 1.90 bits per heavy atom. The first-order valence-electron chi connectivity index (χ1n) is 9.01. The van der Waals surface area contributed by atoms with Crippen molar-refractivity contribution in [3.05, 3.63) is 58.6 Å². The SMILES string of the molecule is CCOc1ccccc1Nc1nnc(SC(C)C(=O)Nc2ccccc2[N+](=O)[O-])s1. The number of carbonyl (C=O) groups is 1. The Hall–Kier alpha value is -3.18. The summed E-state index contributed by atoms with van der Waals surface area (Å²) in [7, 11) is 0. The average Bonchev–Trinajstić information content (AvgIpc) is 3.16. The molecule has 1 atom stereocenters. The van der Waals surface area contributed by atoms with Crippen molar-refractivity contribution in [2.45, 2.75) is 23.4 Å². The van der Waals surface area contributed by atoms with Crippen LogP contribution in [0.5, 0.6) is 5.75 Å². The number of amides is 1. The van der Waals surface area contributed by atoms with E-state index in [0.29, 0.717) is 21.8 Å². The van der Waals surface area contributed by atoms with Gasteiger partial charge >= 0.3 is 0 Å². The topological polar surface area (TPSA) is 119 Å². The number of nitrogens with zero attached hydrogens (tertiary/aromatic N) is 3. The summed E-state index contributed by atoms with van der Waals surface area (Å²) in [5, 5.41) is 25.1. The summed E-state index contributed by atoms with van der Waals surface area (Å²) < 4.78 is 6.18. The molecule has 1 heterocycles. The Morgan fingerprint density at radius 1 is 1.20 bits per heavy atom. The van der Waals surface area contributed by atoms with E-state index in [1.165, 1.54) is 35.2 Å². The Bertz CT molecular complexity index is 1040. The highest BCUT2D eigenvalue weighted by atomic mass is 32.2. The van der Waals surface area contributed by atoms with Gasteiger partial charge in [0.2, 0.25) is 11.0 Å². The van der Waals surface area contributed by atoms with Gasteiger partial charge in [0.15, 0.2) is 4.34 Å². The van der Waals surface area contributed by atoms with Crippen LogP contribution < -0.4 is 15.4 Å². The van der Waals surface area contributed by atoms with Crippen LogP contribution in [0.4, 0.5) is 22.2 Å². The first-order valence-corrected chi connectivity index (χ1v) is 10.7. The van der Waals surface area contributed by atoms with Gasteiger partial charge < -0.3 is 15.4 Å². The van der Waals surface area contributed by atoms with Crippen LogP contribution in [-0.2, 0) is 4.79 Å². The van der Waals surface area contributed by atoms with Gasteiger partial charge in [-0.05, 0) is 32.0 Å². The van der Waals surface area contributed by atoms with Crippen LogP contribution in [0.2, 0.25) is 0 Å². The number of carbonyl (C=O) groups excluding carboxylic acids is 1. The zero-order valence-electron chi connectivity index (χ0n) is 16.2. The van der Waals surface area contributed by atoms with Gasteiger partial charge in [-0.2, -0.15) is 0 Å². The number of hydrogen-bond donors (Lipinski definition) is 2. The van der Waals surface area contributed by atoms with Crippen molar-refractivity contribution in [3.8, 4) is 5.75 Å². The van der Waals surface area contributed by atoms with Gasteiger partial charge in [0.1, 0.15) is 11.4 Å². The van der Waals surface area contributed by atoms with Crippen molar-refractivity contribution in [2.24, 2.45) is 0 Å². The van der Waals surface area contributed by atoms with Gasteiger partial charge in [-0.1, -0.05) is 47.4 Å². The fourth-order valence-corrected chi connectivity index (χ4v) is 4.36. The Kier molecular flexibility index (Phi) is 7.20. The predicted octanol–water partition coefficient (Wildman–Crippen LogP) is 4.71. The molecule has 1 aromatic heterocycles. The lowest BCUT2D eigenvalue weighted by atomic mass is 10.2. The highest BCUT2D eigenvalue weighted by Crippen LogP contribution is 2.33. The van der Waals surface area contributed by atoms with Crippen molar-refractivity contribution in [2.75, 3.05) is 17.2 Å². The Balaban J connectivity index is 1.63. The summed E-state index contributed by atoms with van der Waals surface area (Å²) >= 11 is 2.52. The van der Waals surface area contributed by atoms with E-state index in [-0.39, 0.29) is 17.3 Å². The summed E-state index contributed by atoms with van der Waals surface area (Å²) in [4.78, 5) is 23.0. The third-order valence-corrected chi connectivity index (χ3v) is 5.86. The lowest BCUT2D eigenvalue weighted by Crippen LogP contribution is -2.22. The molecule has 0 aliphatic rings.